The number of para-hydroxylation sites is 1. The predicted molar refractivity (Wildman–Crippen MR) is 73.2 cm³/mol. The Bertz CT molecular complexity index is 460. The summed E-state index contributed by atoms with van der Waals surface area (Å²) in [6, 6.07) is 5.04. The van der Waals surface area contributed by atoms with Crippen molar-refractivity contribution in [3.8, 4) is 0 Å². The molecule has 19 heavy (non-hydrogen) atoms. The lowest BCUT2D eigenvalue weighted by molar-refractivity contribution is -0.383. The molecule has 0 amide bonds. The number of hydrogen-bond donors (Lipinski definition) is 2. The molecule has 0 radical (unpaired) electrons. The molecule has 1 saturated heterocycles. The first-order valence-corrected chi connectivity index (χ1v) is 6.20. The minimum absolute atomic E-state index is 0.00880. The fourth-order valence-corrected chi connectivity index (χ4v) is 2.34. The lowest BCUT2D eigenvalue weighted by Gasteiger charge is -2.23. The second kappa shape index (κ2) is 5.85. The van der Waals surface area contributed by atoms with Crippen molar-refractivity contribution in [2.24, 2.45) is 5.84 Å². The zero-order chi connectivity index (χ0) is 13.8. The highest BCUT2D eigenvalue weighted by Crippen LogP contribution is 2.34. The lowest BCUT2D eigenvalue weighted by atomic mass is 10.2. The van der Waals surface area contributed by atoms with Crippen LogP contribution in [0, 0.1) is 10.1 Å². The molecule has 1 aliphatic rings. The summed E-state index contributed by atoms with van der Waals surface area (Å²) in [6.45, 7) is 1.40. The van der Waals surface area contributed by atoms with E-state index in [-0.39, 0.29) is 11.8 Å². The van der Waals surface area contributed by atoms with Crippen LogP contribution in [-0.4, -0.2) is 31.2 Å². The number of likely N-dealkylation sites (N-methyl/N-ethyl adjacent to an activating group) is 1. The smallest absolute Gasteiger partial charge is 0.316 e. The van der Waals surface area contributed by atoms with E-state index in [1.54, 1.807) is 18.2 Å². The third kappa shape index (κ3) is 2.94. The Kier molecular flexibility index (Phi) is 4.18. The van der Waals surface area contributed by atoms with E-state index in [1.165, 1.54) is 0 Å². The number of nitrogens with one attached hydrogen (secondary N) is 1. The molecule has 0 aliphatic carbocycles. The van der Waals surface area contributed by atoms with Gasteiger partial charge in [-0.2, -0.15) is 0 Å². The van der Waals surface area contributed by atoms with Gasteiger partial charge in [0.1, 0.15) is 11.4 Å². The van der Waals surface area contributed by atoms with Gasteiger partial charge in [-0.05, 0) is 25.0 Å². The molecule has 1 fully saturated rings. The second-order valence-electron chi connectivity index (χ2n) is 4.59. The van der Waals surface area contributed by atoms with E-state index in [2.05, 4.69) is 5.43 Å². The van der Waals surface area contributed by atoms with Crippen molar-refractivity contribution < 1.29 is 9.66 Å². The average molecular weight is 266 g/mol. The predicted octanol–water partition coefficient (Wildman–Crippen LogP) is 1.50. The summed E-state index contributed by atoms with van der Waals surface area (Å²) >= 11 is 0. The van der Waals surface area contributed by atoms with Gasteiger partial charge < -0.3 is 15.1 Å². The van der Waals surface area contributed by atoms with Crippen molar-refractivity contribution in [3.63, 3.8) is 0 Å². The highest BCUT2D eigenvalue weighted by atomic mass is 16.6. The number of nitrogens with two attached hydrogens (primary N) is 1. The van der Waals surface area contributed by atoms with Crippen molar-refractivity contribution in [1.29, 1.82) is 0 Å². The summed E-state index contributed by atoms with van der Waals surface area (Å²) in [6.07, 6.45) is 2.18. The topological polar surface area (TPSA) is 93.7 Å². The molecule has 1 aliphatic heterocycles. The fourth-order valence-electron chi connectivity index (χ4n) is 2.34. The molecule has 2 rings (SSSR count). The summed E-state index contributed by atoms with van der Waals surface area (Å²) in [5, 5.41) is 11.2. The molecular weight excluding hydrogens is 248 g/mol. The van der Waals surface area contributed by atoms with Gasteiger partial charge >= 0.3 is 5.69 Å². The standard InChI is InChI=1S/C12H18N4O3/c1-15(8-9-4-3-7-19-9)11-6-2-5-10(14-13)12(11)16(17)18/h2,5-6,9,14H,3-4,7-8,13H2,1H3. The van der Waals surface area contributed by atoms with E-state index >= 15 is 0 Å². The summed E-state index contributed by atoms with van der Waals surface area (Å²) in [5.41, 5.74) is 3.20. The van der Waals surface area contributed by atoms with Crippen LogP contribution in [0.25, 0.3) is 0 Å². The lowest BCUT2D eigenvalue weighted by Crippen LogP contribution is -2.29. The minimum Gasteiger partial charge on any atom is -0.376 e. The van der Waals surface area contributed by atoms with E-state index in [9.17, 15) is 10.1 Å². The summed E-state index contributed by atoms with van der Waals surface area (Å²) < 4.78 is 5.55. The van der Waals surface area contributed by atoms with Crippen LogP contribution in [0.1, 0.15) is 12.8 Å². The maximum Gasteiger partial charge on any atom is 0.316 e. The Balaban J connectivity index is 2.24. The number of nitro groups is 1. The monoisotopic (exact) mass is 266 g/mol. The molecular formula is C12H18N4O3. The minimum atomic E-state index is -0.420. The molecule has 0 aromatic heterocycles. The Labute approximate surface area is 111 Å². The Morgan fingerprint density at radius 3 is 3.00 bits per heavy atom. The number of ether oxygens (including phenoxy) is 1. The zero-order valence-corrected chi connectivity index (χ0v) is 10.8. The van der Waals surface area contributed by atoms with Crippen LogP contribution in [0.4, 0.5) is 17.1 Å². The number of nitro benzene ring substituents is 1. The number of nitrogens with zero attached hydrogens (tertiary/aromatic N) is 2. The molecule has 0 spiro atoms. The van der Waals surface area contributed by atoms with Crippen LogP contribution in [0.15, 0.2) is 18.2 Å². The van der Waals surface area contributed by atoms with Gasteiger partial charge in [0.15, 0.2) is 0 Å². The molecule has 7 nitrogen and oxygen atoms in total. The van der Waals surface area contributed by atoms with Gasteiger partial charge in [-0.3, -0.25) is 16.0 Å². The van der Waals surface area contributed by atoms with E-state index in [1.807, 2.05) is 11.9 Å². The van der Waals surface area contributed by atoms with E-state index in [0.717, 1.165) is 19.4 Å². The van der Waals surface area contributed by atoms with Gasteiger partial charge in [-0.25, -0.2) is 0 Å². The number of rotatable bonds is 5. The van der Waals surface area contributed by atoms with Crippen molar-refractivity contribution in [1.82, 2.24) is 0 Å². The third-order valence-corrected chi connectivity index (χ3v) is 3.27. The molecule has 1 atom stereocenters. The van der Waals surface area contributed by atoms with Gasteiger partial charge in [0.25, 0.3) is 0 Å². The Morgan fingerprint density at radius 2 is 2.42 bits per heavy atom. The van der Waals surface area contributed by atoms with E-state index < -0.39 is 4.92 Å². The van der Waals surface area contributed by atoms with Crippen LogP contribution in [0.2, 0.25) is 0 Å². The highest BCUT2D eigenvalue weighted by Gasteiger charge is 2.24. The van der Waals surface area contributed by atoms with Crippen molar-refractivity contribution in [2.45, 2.75) is 18.9 Å². The Morgan fingerprint density at radius 1 is 1.63 bits per heavy atom. The molecule has 0 saturated carbocycles. The van der Waals surface area contributed by atoms with Gasteiger partial charge in [0, 0.05) is 20.2 Å². The number of anilines is 2. The molecule has 7 heteroatoms. The maximum absolute atomic E-state index is 11.2. The first-order valence-electron chi connectivity index (χ1n) is 6.20. The summed E-state index contributed by atoms with van der Waals surface area (Å²) in [7, 11) is 1.82. The van der Waals surface area contributed by atoms with Crippen LogP contribution < -0.4 is 16.2 Å². The molecule has 1 heterocycles. The highest BCUT2D eigenvalue weighted by molar-refractivity contribution is 5.76. The summed E-state index contributed by atoms with van der Waals surface area (Å²) in [5.74, 6) is 5.32. The first kappa shape index (κ1) is 13.6. The number of hydrogen-bond acceptors (Lipinski definition) is 6. The zero-order valence-electron chi connectivity index (χ0n) is 10.8. The molecule has 1 aromatic carbocycles. The SMILES string of the molecule is CN(CC1CCCO1)c1cccc(NN)c1[N+](=O)[O-]. The van der Waals surface area contributed by atoms with Gasteiger partial charge in [0.2, 0.25) is 0 Å². The van der Waals surface area contributed by atoms with Gasteiger partial charge in [-0.15, -0.1) is 0 Å². The fraction of sp³-hybridized carbons (Fsp3) is 0.500. The van der Waals surface area contributed by atoms with Crippen molar-refractivity contribution in [3.05, 3.63) is 28.3 Å². The quantitative estimate of drug-likeness (QED) is 0.476. The first-order chi connectivity index (χ1) is 9.13. The number of benzene rings is 1. The molecule has 104 valence electrons. The third-order valence-electron chi connectivity index (χ3n) is 3.27. The molecule has 1 unspecified atom stereocenters. The van der Waals surface area contributed by atoms with Crippen LogP contribution in [0.5, 0.6) is 0 Å². The van der Waals surface area contributed by atoms with E-state index in [4.69, 9.17) is 10.6 Å². The second-order valence-corrected chi connectivity index (χ2v) is 4.59. The average Bonchev–Trinajstić information content (AvgIpc) is 2.90. The number of nitrogen functional groups attached to an aromatic ring is 1. The van der Waals surface area contributed by atoms with Crippen LogP contribution in [0.3, 0.4) is 0 Å². The largest absolute Gasteiger partial charge is 0.376 e. The normalized spacial score (nSPS) is 18.3. The maximum atomic E-state index is 11.2. The van der Waals surface area contributed by atoms with Crippen molar-refractivity contribution >= 4 is 17.1 Å². The molecule has 0 bridgehead atoms. The molecule has 3 N–H and O–H groups in total. The Hall–Kier alpha value is -1.86. The van der Waals surface area contributed by atoms with Gasteiger partial charge in [0.05, 0.1) is 11.0 Å². The van der Waals surface area contributed by atoms with Crippen LogP contribution in [-0.2, 0) is 4.74 Å². The van der Waals surface area contributed by atoms with E-state index in [0.29, 0.717) is 17.9 Å². The van der Waals surface area contributed by atoms with Crippen molar-refractivity contribution in [2.75, 3.05) is 30.5 Å². The van der Waals surface area contributed by atoms with Crippen LogP contribution >= 0.6 is 0 Å². The number of hydrazine groups is 1. The summed E-state index contributed by atoms with van der Waals surface area (Å²) in [4.78, 5) is 12.6. The molecule has 1 aromatic rings. The van der Waals surface area contributed by atoms with Gasteiger partial charge in [-0.1, -0.05) is 6.07 Å².